The summed E-state index contributed by atoms with van der Waals surface area (Å²) in [6, 6.07) is 17.2. The molecule has 2 heterocycles. The van der Waals surface area contributed by atoms with Crippen molar-refractivity contribution in [3.63, 3.8) is 0 Å². The van der Waals surface area contributed by atoms with E-state index in [0.717, 1.165) is 22.4 Å². The van der Waals surface area contributed by atoms with E-state index in [2.05, 4.69) is 15.2 Å². The van der Waals surface area contributed by atoms with E-state index in [1.54, 1.807) is 0 Å². The molecule has 0 fully saturated rings. The standard InChI is InChI=1S/C19H14ClN3O/c20-15-8-6-12(7-9-15)14-10-16(21-11-14)18-19(24)17(22-23-18)13-4-2-1-3-5-13/h1-9,11,24H,10H2,(H,22,23). The molecule has 4 nitrogen and oxygen atoms in total. The van der Waals surface area contributed by atoms with E-state index in [9.17, 15) is 5.11 Å². The number of halogens is 1. The molecule has 1 aliphatic heterocycles. The van der Waals surface area contributed by atoms with Gasteiger partial charge in [-0.15, -0.1) is 0 Å². The van der Waals surface area contributed by atoms with Crippen LogP contribution in [0.3, 0.4) is 0 Å². The molecule has 0 atom stereocenters. The molecule has 0 radical (unpaired) electrons. The topological polar surface area (TPSA) is 61.3 Å². The summed E-state index contributed by atoms with van der Waals surface area (Å²) in [4.78, 5) is 4.44. The second-order valence-electron chi connectivity index (χ2n) is 5.58. The lowest BCUT2D eigenvalue weighted by atomic mass is 10.0. The van der Waals surface area contributed by atoms with Crippen LogP contribution >= 0.6 is 11.6 Å². The zero-order valence-corrected chi connectivity index (χ0v) is 13.5. The van der Waals surface area contributed by atoms with Crippen molar-refractivity contribution in [3.8, 4) is 17.0 Å². The van der Waals surface area contributed by atoms with Gasteiger partial charge >= 0.3 is 0 Å². The smallest absolute Gasteiger partial charge is 0.170 e. The second-order valence-corrected chi connectivity index (χ2v) is 6.01. The first kappa shape index (κ1) is 14.7. The molecule has 0 unspecified atom stereocenters. The Morgan fingerprint density at radius 2 is 1.71 bits per heavy atom. The number of nitrogens with one attached hydrogen (secondary N) is 1. The number of aromatic hydroxyl groups is 1. The summed E-state index contributed by atoms with van der Waals surface area (Å²) in [5.41, 5.74) is 4.88. The van der Waals surface area contributed by atoms with Crippen LogP contribution in [0.1, 0.15) is 17.7 Å². The Kier molecular flexibility index (Phi) is 3.67. The van der Waals surface area contributed by atoms with Crippen LogP contribution in [0.15, 0.2) is 65.8 Å². The van der Waals surface area contributed by atoms with Crippen molar-refractivity contribution in [3.05, 3.63) is 77.1 Å². The highest BCUT2D eigenvalue weighted by molar-refractivity contribution is 6.30. The third-order valence-corrected chi connectivity index (χ3v) is 4.28. The normalized spacial score (nSPS) is 13.7. The van der Waals surface area contributed by atoms with Gasteiger partial charge in [0.05, 0.1) is 5.71 Å². The molecule has 24 heavy (non-hydrogen) atoms. The van der Waals surface area contributed by atoms with Crippen molar-refractivity contribution in [2.75, 3.05) is 0 Å². The zero-order chi connectivity index (χ0) is 16.5. The molecule has 0 spiro atoms. The van der Waals surface area contributed by atoms with Crippen molar-refractivity contribution in [1.29, 1.82) is 0 Å². The van der Waals surface area contributed by atoms with E-state index in [0.29, 0.717) is 22.8 Å². The largest absolute Gasteiger partial charge is 0.504 e. The molecule has 2 aromatic carbocycles. The van der Waals surface area contributed by atoms with Gasteiger partial charge in [0, 0.05) is 23.2 Å². The monoisotopic (exact) mass is 335 g/mol. The summed E-state index contributed by atoms with van der Waals surface area (Å²) < 4.78 is 0. The van der Waals surface area contributed by atoms with Crippen LogP contribution in [0.5, 0.6) is 5.75 Å². The highest BCUT2D eigenvalue weighted by Crippen LogP contribution is 2.34. The number of H-pyrrole nitrogens is 1. The molecular formula is C19H14ClN3O. The minimum atomic E-state index is 0.130. The lowest BCUT2D eigenvalue weighted by molar-refractivity contribution is 0.476. The van der Waals surface area contributed by atoms with E-state index in [1.165, 1.54) is 0 Å². The Balaban J connectivity index is 1.59. The van der Waals surface area contributed by atoms with E-state index in [4.69, 9.17) is 11.6 Å². The molecule has 5 heteroatoms. The van der Waals surface area contributed by atoms with Gasteiger partial charge in [0.25, 0.3) is 0 Å². The van der Waals surface area contributed by atoms with Crippen LogP contribution < -0.4 is 0 Å². The number of aromatic nitrogens is 2. The Morgan fingerprint density at radius 3 is 2.46 bits per heavy atom. The molecule has 4 rings (SSSR count). The van der Waals surface area contributed by atoms with Gasteiger partial charge in [-0.1, -0.05) is 54.1 Å². The average molecular weight is 336 g/mol. The van der Waals surface area contributed by atoms with Gasteiger partial charge in [0.2, 0.25) is 0 Å². The highest BCUT2D eigenvalue weighted by atomic mass is 35.5. The number of hydrogen-bond acceptors (Lipinski definition) is 3. The maximum Gasteiger partial charge on any atom is 0.170 e. The SMILES string of the molecule is Oc1c(-c2ccccc2)n[nH]c1C1=NC=C(c2ccc(Cl)cc2)C1. The predicted octanol–water partition coefficient (Wildman–Crippen LogP) is 4.67. The number of allylic oxidation sites excluding steroid dienone is 1. The predicted molar refractivity (Wildman–Crippen MR) is 96.3 cm³/mol. The number of rotatable bonds is 3. The van der Waals surface area contributed by atoms with Crippen molar-refractivity contribution in [1.82, 2.24) is 10.2 Å². The fraction of sp³-hybridized carbons (Fsp3) is 0.0526. The molecule has 0 aliphatic carbocycles. The minimum absolute atomic E-state index is 0.130. The Morgan fingerprint density at radius 1 is 0.958 bits per heavy atom. The average Bonchev–Trinajstić information content (AvgIpc) is 3.23. The van der Waals surface area contributed by atoms with E-state index in [1.807, 2.05) is 60.8 Å². The lowest BCUT2D eigenvalue weighted by Crippen LogP contribution is -1.99. The molecule has 0 saturated heterocycles. The summed E-state index contributed by atoms with van der Waals surface area (Å²) in [7, 11) is 0. The van der Waals surface area contributed by atoms with Gasteiger partial charge < -0.3 is 5.11 Å². The third kappa shape index (κ3) is 2.61. The molecule has 0 amide bonds. The molecule has 2 N–H and O–H groups in total. The molecule has 0 bridgehead atoms. The summed E-state index contributed by atoms with van der Waals surface area (Å²) >= 11 is 5.93. The number of hydrogen-bond donors (Lipinski definition) is 2. The summed E-state index contributed by atoms with van der Waals surface area (Å²) in [5, 5.41) is 18.4. The van der Waals surface area contributed by atoms with Gasteiger partial charge in [-0.05, 0) is 23.3 Å². The Hall–Kier alpha value is -2.85. The fourth-order valence-electron chi connectivity index (χ4n) is 2.76. The Labute approximate surface area is 144 Å². The van der Waals surface area contributed by atoms with Gasteiger partial charge in [0.1, 0.15) is 11.4 Å². The summed E-state index contributed by atoms with van der Waals surface area (Å²) in [5.74, 6) is 0.130. The van der Waals surface area contributed by atoms with Gasteiger partial charge in [-0.2, -0.15) is 5.10 Å². The first-order valence-electron chi connectivity index (χ1n) is 7.57. The zero-order valence-electron chi connectivity index (χ0n) is 12.7. The van der Waals surface area contributed by atoms with Crippen molar-refractivity contribution in [2.24, 2.45) is 4.99 Å². The molecule has 118 valence electrons. The van der Waals surface area contributed by atoms with E-state index >= 15 is 0 Å². The molecule has 1 aromatic heterocycles. The number of aromatic amines is 1. The second kappa shape index (κ2) is 5.98. The van der Waals surface area contributed by atoms with Gasteiger partial charge in [0.15, 0.2) is 5.75 Å². The third-order valence-electron chi connectivity index (χ3n) is 4.03. The highest BCUT2D eigenvalue weighted by Gasteiger charge is 2.21. The van der Waals surface area contributed by atoms with Crippen LogP contribution in [0.2, 0.25) is 5.02 Å². The summed E-state index contributed by atoms with van der Waals surface area (Å²) in [6.07, 6.45) is 2.45. The Bertz CT molecular complexity index is 941. The van der Waals surface area contributed by atoms with Crippen LogP contribution in [-0.2, 0) is 0 Å². The maximum absolute atomic E-state index is 10.5. The van der Waals surface area contributed by atoms with Gasteiger partial charge in [-0.25, -0.2) is 0 Å². The van der Waals surface area contributed by atoms with Crippen molar-refractivity contribution < 1.29 is 5.11 Å². The number of nitrogens with zero attached hydrogens (tertiary/aromatic N) is 2. The van der Waals surface area contributed by atoms with Crippen LogP contribution in [0.25, 0.3) is 16.8 Å². The fourth-order valence-corrected chi connectivity index (χ4v) is 2.88. The molecule has 3 aromatic rings. The molecule has 0 saturated carbocycles. The van der Waals surface area contributed by atoms with Crippen LogP contribution in [-0.4, -0.2) is 21.0 Å². The van der Waals surface area contributed by atoms with E-state index < -0.39 is 0 Å². The number of benzene rings is 2. The van der Waals surface area contributed by atoms with Gasteiger partial charge in [-0.3, -0.25) is 10.1 Å². The van der Waals surface area contributed by atoms with Crippen molar-refractivity contribution in [2.45, 2.75) is 6.42 Å². The molecular weight excluding hydrogens is 322 g/mol. The minimum Gasteiger partial charge on any atom is -0.504 e. The summed E-state index contributed by atoms with van der Waals surface area (Å²) in [6.45, 7) is 0. The number of aliphatic imine (C=N–C) groups is 1. The van der Waals surface area contributed by atoms with Crippen molar-refractivity contribution >= 4 is 22.9 Å². The first-order chi connectivity index (χ1) is 11.7. The van der Waals surface area contributed by atoms with Crippen LogP contribution in [0, 0.1) is 0 Å². The maximum atomic E-state index is 10.5. The van der Waals surface area contributed by atoms with Crippen LogP contribution in [0.4, 0.5) is 0 Å². The quantitative estimate of drug-likeness (QED) is 0.730. The first-order valence-corrected chi connectivity index (χ1v) is 7.95. The lowest BCUT2D eigenvalue weighted by Gasteiger charge is -2.03. The molecule has 1 aliphatic rings. The van der Waals surface area contributed by atoms with E-state index in [-0.39, 0.29) is 5.75 Å².